The standard InChI is InChI=1S/C15H16IN3OS/c16-11-2-1-3-14(10-11)20-9-8-18-15(21)19-13-6-4-12(17)5-7-13/h1-7,10H,8-9,17H2,(H2,18,19,21). The largest absolute Gasteiger partial charge is 0.492 e. The number of hydrogen-bond acceptors (Lipinski definition) is 3. The molecule has 0 aliphatic carbocycles. The van der Waals surface area contributed by atoms with Gasteiger partial charge in [0.05, 0.1) is 6.54 Å². The van der Waals surface area contributed by atoms with Gasteiger partial charge in [0.1, 0.15) is 12.4 Å². The molecule has 0 heterocycles. The van der Waals surface area contributed by atoms with E-state index >= 15 is 0 Å². The molecule has 0 saturated heterocycles. The Bertz CT molecular complexity index is 604. The van der Waals surface area contributed by atoms with Crippen molar-refractivity contribution in [3.8, 4) is 5.75 Å². The second-order valence-corrected chi connectivity index (χ2v) is 5.96. The zero-order valence-corrected chi connectivity index (χ0v) is 14.3. The van der Waals surface area contributed by atoms with Crippen LogP contribution in [0.25, 0.3) is 0 Å². The number of anilines is 2. The Kier molecular flexibility index (Phi) is 6.06. The van der Waals surface area contributed by atoms with E-state index in [1.165, 1.54) is 0 Å². The third-order valence-electron chi connectivity index (χ3n) is 2.62. The molecule has 0 unspecified atom stereocenters. The van der Waals surface area contributed by atoms with Gasteiger partial charge in [-0.05, 0) is 77.3 Å². The van der Waals surface area contributed by atoms with Crippen molar-refractivity contribution in [1.82, 2.24) is 5.32 Å². The molecule has 6 heteroatoms. The molecule has 110 valence electrons. The summed E-state index contributed by atoms with van der Waals surface area (Å²) >= 11 is 7.47. The number of rotatable bonds is 5. The lowest BCUT2D eigenvalue weighted by Gasteiger charge is -2.11. The van der Waals surface area contributed by atoms with E-state index in [9.17, 15) is 0 Å². The van der Waals surface area contributed by atoms with E-state index in [2.05, 4.69) is 33.2 Å². The maximum Gasteiger partial charge on any atom is 0.170 e. The van der Waals surface area contributed by atoms with Gasteiger partial charge in [0.25, 0.3) is 0 Å². The molecule has 4 N–H and O–H groups in total. The molecule has 0 bridgehead atoms. The summed E-state index contributed by atoms with van der Waals surface area (Å²) in [7, 11) is 0. The average molecular weight is 413 g/mol. The Morgan fingerprint density at radius 3 is 2.67 bits per heavy atom. The van der Waals surface area contributed by atoms with Crippen LogP contribution < -0.4 is 21.1 Å². The Morgan fingerprint density at radius 2 is 1.95 bits per heavy atom. The van der Waals surface area contributed by atoms with Gasteiger partial charge in [-0.25, -0.2) is 0 Å². The summed E-state index contributed by atoms with van der Waals surface area (Å²) in [5, 5.41) is 6.74. The lowest BCUT2D eigenvalue weighted by Crippen LogP contribution is -2.31. The predicted octanol–water partition coefficient (Wildman–Crippen LogP) is 3.24. The van der Waals surface area contributed by atoms with Gasteiger partial charge in [0.15, 0.2) is 5.11 Å². The van der Waals surface area contributed by atoms with Gasteiger partial charge in [0.2, 0.25) is 0 Å². The minimum Gasteiger partial charge on any atom is -0.492 e. The molecule has 0 fully saturated rings. The third kappa shape index (κ3) is 5.76. The van der Waals surface area contributed by atoms with Crippen molar-refractivity contribution in [2.75, 3.05) is 24.2 Å². The van der Waals surface area contributed by atoms with Crippen LogP contribution in [0.5, 0.6) is 5.75 Å². The van der Waals surface area contributed by atoms with E-state index in [4.69, 9.17) is 22.7 Å². The first-order valence-electron chi connectivity index (χ1n) is 6.42. The first-order valence-corrected chi connectivity index (χ1v) is 7.91. The molecule has 0 aromatic heterocycles. The summed E-state index contributed by atoms with van der Waals surface area (Å²) < 4.78 is 6.78. The Morgan fingerprint density at radius 1 is 1.19 bits per heavy atom. The average Bonchev–Trinajstić information content (AvgIpc) is 2.46. The van der Waals surface area contributed by atoms with Crippen LogP contribution in [0.2, 0.25) is 0 Å². The summed E-state index contributed by atoms with van der Waals surface area (Å²) in [6, 6.07) is 15.3. The Hall–Kier alpha value is -1.54. The van der Waals surface area contributed by atoms with Crippen LogP contribution in [0.4, 0.5) is 11.4 Å². The SMILES string of the molecule is Nc1ccc(NC(=S)NCCOc2cccc(I)c2)cc1. The fraction of sp³-hybridized carbons (Fsp3) is 0.133. The number of thiocarbonyl (C=S) groups is 1. The molecule has 0 atom stereocenters. The van der Waals surface area contributed by atoms with E-state index in [0.717, 1.165) is 20.7 Å². The molecule has 0 aliphatic heterocycles. The number of nitrogens with one attached hydrogen (secondary N) is 2. The van der Waals surface area contributed by atoms with E-state index < -0.39 is 0 Å². The fourth-order valence-corrected chi connectivity index (χ4v) is 2.37. The van der Waals surface area contributed by atoms with Crippen molar-refractivity contribution in [2.45, 2.75) is 0 Å². The predicted molar refractivity (Wildman–Crippen MR) is 99.7 cm³/mol. The molecule has 0 spiro atoms. The number of halogens is 1. The van der Waals surface area contributed by atoms with Gasteiger partial charge < -0.3 is 21.1 Å². The quantitative estimate of drug-likeness (QED) is 0.304. The third-order valence-corrected chi connectivity index (χ3v) is 3.54. The zero-order valence-electron chi connectivity index (χ0n) is 11.3. The molecule has 4 nitrogen and oxygen atoms in total. The summed E-state index contributed by atoms with van der Waals surface area (Å²) in [6.45, 7) is 1.18. The molecule has 21 heavy (non-hydrogen) atoms. The van der Waals surface area contributed by atoms with Crippen molar-refractivity contribution in [2.24, 2.45) is 0 Å². The number of benzene rings is 2. The molecule has 0 aliphatic rings. The number of nitrogen functional groups attached to an aromatic ring is 1. The number of hydrogen-bond donors (Lipinski definition) is 3. The minimum atomic E-state index is 0.545. The molecular weight excluding hydrogens is 397 g/mol. The molecule has 2 rings (SSSR count). The highest BCUT2D eigenvalue weighted by molar-refractivity contribution is 14.1. The lowest BCUT2D eigenvalue weighted by molar-refractivity contribution is 0.322. The Balaban J connectivity index is 1.68. The van der Waals surface area contributed by atoms with Crippen LogP contribution in [0.3, 0.4) is 0 Å². The van der Waals surface area contributed by atoms with Crippen LogP contribution in [0, 0.1) is 3.57 Å². The van der Waals surface area contributed by atoms with Crippen molar-refractivity contribution in [3.63, 3.8) is 0 Å². The van der Waals surface area contributed by atoms with Gasteiger partial charge in [0, 0.05) is 14.9 Å². The number of nitrogens with two attached hydrogens (primary N) is 1. The van der Waals surface area contributed by atoms with Gasteiger partial charge in [-0.15, -0.1) is 0 Å². The van der Waals surface area contributed by atoms with Crippen LogP contribution in [-0.4, -0.2) is 18.3 Å². The topological polar surface area (TPSA) is 59.3 Å². The molecule has 0 radical (unpaired) electrons. The second-order valence-electron chi connectivity index (χ2n) is 4.31. The van der Waals surface area contributed by atoms with Crippen LogP contribution in [0.15, 0.2) is 48.5 Å². The van der Waals surface area contributed by atoms with Gasteiger partial charge >= 0.3 is 0 Å². The molecule has 0 amide bonds. The normalized spacial score (nSPS) is 9.95. The molecule has 2 aromatic carbocycles. The summed E-state index contributed by atoms with van der Waals surface area (Å²) in [6.07, 6.45) is 0. The van der Waals surface area contributed by atoms with Crippen molar-refractivity contribution in [3.05, 3.63) is 52.1 Å². The highest BCUT2D eigenvalue weighted by Crippen LogP contribution is 2.14. The van der Waals surface area contributed by atoms with E-state index in [1.54, 1.807) is 0 Å². The van der Waals surface area contributed by atoms with Crippen molar-refractivity contribution >= 4 is 51.3 Å². The van der Waals surface area contributed by atoms with Gasteiger partial charge in [-0.1, -0.05) is 6.07 Å². The van der Waals surface area contributed by atoms with Crippen LogP contribution in [-0.2, 0) is 0 Å². The highest BCUT2D eigenvalue weighted by Gasteiger charge is 1.98. The van der Waals surface area contributed by atoms with Crippen molar-refractivity contribution in [1.29, 1.82) is 0 Å². The van der Waals surface area contributed by atoms with E-state index in [-0.39, 0.29) is 0 Å². The van der Waals surface area contributed by atoms with E-state index in [1.807, 2.05) is 48.5 Å². The first-order chi connectivity index (χ1) is 10.1. The molecule has 2 aromatic rings. The van der Waals surface area contributed by atoms with Gasteiger partial charge in [-0.2, -0.15) is 0 Å². The fourth-order valence-electron chi connectivity index (χ4n) is 1.63. The van der Waals surface area contributed by atoms with Crippen LogP contribution >= 0.6 is 34.8 Å². The maximum atomic E-state index is 5.63. The summed E-state index contributed by atoms with van der Waals surface area (Å²) in [5.74, 6) is 0.862. The van der Waals surface area contributed by atoms with E-state index in [0.29, 0.717) is 18.3 Å². The lowest BCUT2D eigenvalue weighted by atomic mass is 10.3. The zero-order chi connectivity index (χ0) is 15.1. The maximum absolute atomic E-state index is 5.63. The summed E-state index contributed by atoms with van der Waals surface area (Å²) in [5.41, 5.74) is 7.26. The molecule has 0 saturated carbocycles. The first kappa shape index (κ1) is 15.8. The van der Waals surface area contributed by atoms with Gasteiger partial charge in [-0.3, -0.25) is 0 Å². The minimum absolute atomic E-state index is 0.545. The highest BCUT2D eigenvalue weighted by atomic mass is 127. The smallest absolute Gasteiger partial charge is 0.170 e. The monoisotopic (exact) mass is 413 g/mol. The second kappa shape index (κ2) is 8.04. The van der Waals surface area contributed by atoms with Crippen molar-refractivity contribution < 1.29 is 4.74 Å². The number of ether oxygens (including phenoxy) is 1. The summed E-state index contributed by atoms with van der Waals surface area (Å²) in [4.78, 5) is 0. The van der Waals surface area contributed by atoms with Crippen LogP contribution in [0.1, 0.15) is 0 Å². The molecular formula is C15H16IN3OS. The Labute approximate surface area is 143 Å².